The fourth-order valence-electron chi connectivity index (χ4n) is 1.67. The minimum Gasteiger partial charge on any atom is -0.504 e. The van der Waals surface area contributed by atoms with Crippen LogP contribution in [0.4, 0.5) is 0 Å². The zero-order valence-electron chi connectivity index (χ0n) is 10.8. The molecule has 0 heterocycles. The molecule has 0 aliphatic carbocycles. The average molecular weight is 273 g/mol. The first kappa shape index (κ1) is 14.8. The summed E-state index contributed by atoms with van der Waals surface area (Å²) in [4.78, 5) is 0. The standard InChI is InChI=1S/C12H19NO4S/c1-9(8-18(3,15)16)13-7-10-5-4-6-11(17-2)12(10)14/h4-6,9,13-14H,7-8H2,1-3H3. The van der Waals surface area contributed by atoms with Crippen molar-refractivity contribution in [2.24, 2.45) is 0 Å². The molecule has 0 aliphatic heterocycles. The minimum atomic E-state index is -3.00. The van der Waals surface area contributed by atoms with Gasteiger partial charge in [-0.2, -0.15) is 0 Å². The first-order chi connectivity index (χ1) is 8.33. The molecule has 2 N–H and O–H groups in total. The van der Waals surface area contributed by atoms with Gasteiger partial charge in [0.25, 0.3) is 0 Å². The molecule has 5 nitrogen and oxygen atoms in total. The molecule has 0 saturated heterocycles. The second-order valence-electron chi connectivity index (χ2n) is 4.34. The van der Waals surface area contributed by atoms with E-state index in [1.54, 1.807) is 25.1 Å². The highest BCUT2D eigenvalue weighted by Crippen LogP contribution is 2.29. The zero-order chi connectivity index (χ0) is 13.8. The lowest BCUT2D eigenvalue weighted by molar-refractivity contribution is 0.369. The van der Waals surface area contributed by atoms with Gasteiger partial charge in [-0.15, -0.1) is 0 Å². The van der Waals surface area contributed by atoms with Crippen LogP contribution in [0.25, 0.3) is 0 Å². The van der Waals surface area contributed by atoms with Crippen LogP contribution in [0.1, 0.15) is 12.5 Å². The van der Waals surface area contributed by atoms with Gasteiger partial charge in [0, 0.05) is 24.4 Å². The maximum Gasteiger partial charge on any atom is 0.162 e. The molecule has 1 aromatic carbocycles. The first-order valence-electron chi connectivity index (χ1n) is 5.59. The van der Waals surface area contributed by atoms with Crippen molar-refractivity contribution in [3.63, 3.8) is 0 Å². The number of hydrogen-bond donors (Lipinski definition) is 2. The molecule has 1 atom stereocenters. The molecular weight excluding hydrogens is 254 g/mol. The number of rotatable bonds is 6. The lowest BCUT2D eigenvalue weighted by atomic mass is 10.2. The van der Waals surface area contributed by atoms with Crippen LogP contribution in [0.2, 0.25) is 0 Å². The summed E-state index contributed by atoms with van der Waals surface area (Å²) in [6.45, 7) is 2.18. The fraction of sp³-hybridized carbons (Fsp3) is 0.500. The first-order valence-corrected chi connectivity index (χ1v) is 7.65. The number of phenols is 1. The SMILES string of the molecule is COc1cccc(CNC(C)CS(C)(=O)=O)c1O. The van der Waals surface area contributed by atoms with Crippen molar-refractivity contribution in [2.75, 3.05) is 19.1 Å². The Hall–Kier alpha value is -1.27. The molecule has 18 heavy (non-hydrogen) atoms. The van der Waals surface area contributed by atoms with Crippen molar-refractivity contribution in [3.05, 3.63) is 23.8 Å². The quantitative estimate of drug-likeness (QED) is 0.806. The van der Waals surface area contributed by atoms with Crippen molar-refractivity contribution < 1.29 is 18.3 Å². The Morgan fingerprint density at radius 1 is 1.44 bits per heavy atom. The Morgan fingerprint density at radius 3 is 2.67 bits per heavy atom. The van der Waals surface area contributed by atoms with Crippen LogP contribution in [0, 0.1) is 0 Å². The molecule has 6 heteroatoms. The average Bonchev–Trinajstić information content (AvgIpc) is 2.25. The second-order valence-corrected chi connectivity index (χ2v) is 6.53. The van der Waals surface area contributed by atoms with Gasteiger partial charge in [0.2, 0.25) is 0 Å². The summed E-state index contributed by atoms with van der Waals surface area (Å²) in [6, 6.07) is 5.03. The third-order valence-corrected chi connectivity index (χ3v) is 3.60. The lowest BCUT2D eigenvalue weighted by Crippen LogP contribution is -2.32. The summed E-state index contributed by atoms with van der Waals surface area (Å²) >= 11 is 0. The summed E-state index contributed by atoms with van der Waals surface area (Å²) in [5, 5.41) is 12.9. The number of para-hydroxylation sites is 1. The van der Waals surface area contributed by atoms with E-state index in [1.807, 2.05) is 0 Å². The molecule has 0 saturated carbocycles. The van der Waals surface area contributed by atoms with E-state index in [0.717, 1.165) is 0 Å². The van der Waals surface area contributed by atoms with Crippen LogP contribution in [-0.2, 0) is 16.4 Å². The number of benzene rings is 1. The largest absolute Gasteiger partial charge is 0.504 e. The van der Waals surface area contributed by atoms with Gasteiger partial charge in [0.05, 0.1) is 12.9 Å². The van der Waals surface area contributed by atoms with E-state index in [1.165, 1.54) is 13.4 Å². The summed E-state index contributed by atoms with van der Waals surface area (Å²) in [6.07, 6.45) is 1.20. The number of sulfone groups is 1. The number of hydrogen-bond acceptors (Lipinski definition) is 5. The van der Waals surface area contributed by atoms with E-state index >= 15 is 0 Å². The summed E-state index contributed by atoms with van der Waals surface area (Å²) in [5.41, 5.74) is 0.676. The molecule has 1 aromatic rings. The predicted octanol–water partition coefficient (Wildman–Crippen LogP) is 0.923. The topological polar surface area (TPSA) is 75.6 Å². The zero-order valence-corrected chi connectivity index (χ0v) is 11.6. The molecular formula is C12H19NO4S. The molecule has 1 rings (SSSR count). The van der Waals surface area contributed by atoms with Crippen molar-refractivity contribution in [2.45, 2.75) is 19.5 Å². The monoisotopic (exact) mass is 273 g/mol. The smallest absolute Gasteiger partial charge is 0.162 e. The van der Waals surface area contributed by atoms with E-state index in [4.69, 9.17) is 4.74 Å². The molecule has 0 aromatic heterocycles. The van der Waals surface area contributed by atoms with Gasteiger partial charge in [-0.3, -0.25) is 0 Å². The lowest BCUT2D eigenvalue weighted by Gasteiger charge is -2.14. The summed E-state index contributed by atoms with van der Waals surface area (Å²) in [7, 11) is -1.52. The minimum absolute atomic E-state index is 0.0672. The van der Waals surface area contributed by atoms with Crippen molar-refractivity contribution in [1.29, 1.82) is 0 Å². The maximum atomic E-state index is 11.1. The van der Waals surface area contributed by atoms with Crippen LogP contribution in [-0.4, -0.2) is 38.7 Å². The van der Waals surface area contributed by atoms with E-state index in [9.17, 15) is 13.5 Å². The van der Waals surface area contributed by atoms with E-state index in [2.05, 4.69) is 5.32 Å². The Kier molecular flexibility index (Phi) is 4.98. The third-order valence-electron chi connectivity index (χ3n) is 2.50. The van der Waals surface area contributed by atoms with E-state index in [0.29, 0.717) is 17.9 Å². The molecule has 0 fully saturated rings. The van der Waals surface area contributed by atoms with Crippen LogP contribution >= 0.6 is 0 Å². The maximum absolute atomic E-state index is 11.1. The van der Waals surface area contributed by atoms with Gasteiger partial charge in [0.1, 0.15) is 9.84 Å². The number of phenolic OH excluding ortho intramolecular Hbond substituents is 1. The fourth-order valence-corrected chi connectivity index (χ4v) is 2.70. The second kappa shape index (κ2) is 6.06. The summed E-state index contributed by atoms with van der Waals surface area (Å²) in [5.74, 6) is 0.557. The predicted molar refractivity (Wildman–Crippen MR) is 70.7 cm³/mol. The molecule has 1 unspecified atom stereocenters. The van der Waals surface area contributed by atoms with E-state index in [-0.39, 0.29) is 17.5 Å². The molecule has 0 radical (unpaired) electrons. The molecule has 0 bridgehead atoms. The van der Waals surface area contributed by atoms with Crippen LogP contribution in [0.15, 0.2) is 18.2 Å². The van der Waals surface area contributed by atoms with Crippen molar-refractivity contribution in [3.8, 4) is 11.5 Å². The highest BCUT2D eigenvalue weighted by molar-refractivity contribution is 7.90. The molecule has 102 valence electrons. The molecule has 0 spiro atoms. The van der Waals surface area contributed by atoms with Crippen molar-refractivity contribution >= 4 is 9.84 Å². The Morgan fingerprint density at radius 2 is 2.11 bits per heavy atom. The Bertz CT molecular complexity index is 499. The summed E-state index contributed by atoms with van der Waals surface area (Å²) < 4.78 is 27.2. The molecule has 0 amide bonds. The highest BCUT2D eigenvalue weighted by Gasteiger charge is 2.12. The third kappa shape index (κ3) is 4.54. The van der Waals surface area contributed by atoms with Gasteiger partial charge >= 0.3 is 0 Å². The normalized spacial score (nSPS) is 13.3. The van der Waals surface area contributed by atoms with Gasteiger partial charge in [-0.05, 0) is 13.0 Å². The van der Waals surface area contributed by atoms with Crippen LogP contribution in [0.3, 0.4) is 0 Å². The van der Waals surface area contributed by atoms with Crippen LogP contribution < -0.4 is 10.1 Å². The van der Waals surface area contributed by atoms with Gasteiger partial charge in [-0.1, -0.05) is 12.1 Å². The number of ether oxygens (including phenoxy) is 1. The van der Waals surface area contributed by atoms with Gasteiger partial charge in [-0.25, -0.2) is 8.42 Å². The number of nitrogens with one attached hydrogen (secondary N) is 1. The Labute approximate surface area is 108 Å². The van der Waals surface area contributed by atoms with Gasteiger partial charge in [0.15, 0.2) is 11.5 Å². The van der Waals surface area contributed by atoms with Gasteiger partial charge < -0.3 is 15.2 Å². The Balaban J connectivity index is 2.64. The van der Waals surface area contributed by atoms with Crippen LogP contribution in [0.5, 0.6) is 11.5 Å². The highest BCUT2D eigenvalue weighted by atomic mass is 32.2. The number of methoxy groups -OCH3 is 1. The van der Waals surface area contributed by atoms with E-state index < -0.39 is 9.84 Å². The number of aromatic hydroxyl groups is 1. The molecule has 0 aliphatic rings. The van der Waals surface area contributed by atoms with Crippen molar-refractivity contribution in [1.82, 2.24) is 5.32 Å².